The summed E-state index contributed by atoms with van der Waals surface area (Å²) in [7, 11) is -3.74. The maximum Gasteiger partial charge on any atom is 0.344 e. The smallest absolute Gasteiger partial charge is 0.344 e. The Bertz CT molecular complexity index is 1110. The quantitative estimate of drug-likeness (QED) is 0.686. The van der Waals surface area contributed by atoms with Crippen molar-refractivity contribution in [2.24, 2.45) is 0 Å². The minimum absolute atomic E-state index is 0.145. The van der Waals surface area contributed by atoms with Crippen LogP contribution < -0.4 is 4.74 Å². The second-order valence-electron chi connectivity index (χ2n) is 8.27. The van der Waals surface area contributed by atoms with Crippen molar-refractivity contribution in [3.05, 3.63) is 53.1 Å². The number of sulfonamides is 1. The average Bonchev–Trinajstić information content (AvgIpc) is 2.70. The van der Waals surface area contributed by atoms with E-state index in [9.17, 15) is 18.3 Å². The molecule has 31 heavy (non-hydrogen) atoms. The molecular formula is C23H27NO6S. The van der Waals surface area contributed by atoms with Gasteiger partial charge in [0.15, 0.2) is 6.61 Å². The number of phenolic OH excluding ortho intramolecular Hbond substituents is 1. The van der Waals surface area contributed by atoms with Gasteiger partial charge in [0.25, 0.3) is 0 Å². The van der Waals surface area contributed by atoms with Crippen LogP contribution in [0.5, 0.6) is 11.5 Å². The summed E-state index contributed by atoms with van der Waals surface area (Å²) in [5, 5.41) is 9.93. The van der Waals surface area contributed by atoms with Crippen LogP contribution in [0.3, 0.4) is 0 Å². The molecule has 0 bridgehead atoms. The topological polar surface area (TPSA) is 93.1 Å². The Balaban J connectivity index is 1.59. The van der Waals surface area contributed by atoms with Crippen LogP contribution in [0.1, 0.15) is 42.9 Å². The zero-order valence-corrected chi connectivity index (χ0v) is 18.6. The van der Waals surface area contributed by atoms with Crippen LogP contribution in [0.25, 0.3) is 0 Å². The van der Waals surface area contributed by atoms with E-state index in [0.29, 0.717) is 17.9 Å². The maximum absolute atomic E-state index is 13.5. The molecule has 2 aromatic carbocycles. The molecule has 166 valence electrons. The van der Waals surface area contributed by atoms with Crippen LogP contribution in [0.15, 0.2) is 41.3 Å². The zero-order valence-electron chi connectivity index (χ0n) is 17.8. The van der Waals surface area contributed by atoms with Gasteiger partial charge < -0.3 is 14.6 Å². The van der Waals surface area contributed by atoms with Crippen molar-refractivity contribution in [1.82, 2.24) is 4.31 Å². The lowest BCUT2D eigenvalue weighted by atomic mass is 9.62. The molecule has 4 rings (SSSR count). The number of carbonyl (C=O) groups is 1. The Kier molecular flexibility index (Phi) is 5.70. The number of benzene rings is 2. The molecule has 1 aliphatic heterocycles. The van der Waals surface area contributed by atoms with E-state index < -0.39 is 16.0 Å². The van der Waals surface area contributed by atoms with Crippen LogP contribution in [0.2, 0.25) is 0 Å². The van der Waals surface area contributed by atoms with E-state index in [1.165, 1.54) is 10.4 Å². The molecular weight excluding hydrogens is 418 g/mol. The first-order chi connectivity index (χ1) is 14.7. The van der Waals surface area contributed by atoms with Gasteiger partial charge in [-0.05, 0) is 73.7 Å². The normalized spacial score (nSPS) is 17.6. The van der Waals surface area contributed by atoms with E-state index in [0.717, 1.165) is 30.4 Å². The Hall–Kier alpha value is -2.58. The third-order valence-electron chi connectivity index (χ3n) is 6.23. The molecule has 1 N–H and O–H groups in total. The standard InChI is InChI=1S/C23H27NO6S/c1-3-29-22(26)14-30-21-8-6-19(11-16(21)2)31(27,28)24-13-17-12-18(25)5-7-20(17)23(15-24)9-4-10-23/h5-8,11-12,25H,3-4,9-10,13-15H2,1-2H3. The molecule has 1 spiro atoms. The van der Waals surface area contributed by atoms with Crippen molar-refractivity contribution < 1.29 is 27.8 Å². The summed E-state index contributed by atoms with van der Waals surface area (Å²) in [6.07, 6.45) is 2.95. The summed E-state index contributed by atoms with van der Waals surface area (Å²) in [5.74, 6) is 0.113. The fourth-order valence-electron chi connectivity index (χ4n) is 4.53. The molecule has 2 aliphatic rings. The minimum atomic E-state index is -3.74. The van der Waals surface area contributed by atoms with Crippen molar-refractivity contribution >= 4 is 16.0 Å². The van der Waals surface area contributed by atoms with Crippen LogP contribution in [-0.4, -0.2) is 43.6 Å². The number of ether oxygens (including phenoxy) is 2. The summed E-state index contributed by atoms with van der Waals surface area (Å²) in [6, 6.07) is 9.95. The maximum atomic E-state index is 13.5. The third-order valence-corrected chi connectivity index (χ3v) is 8.02. The van der Waals surface area contributed by atoms with Gasteiger partial charge in [-0.2, -0.15) is 4.31 Å². The Morgan fingerprint density at radius 2 is 1.97 bits per heavy atom. The van der Waals surface area contributed by atoms with Crippen LogP contribution in [0.4, 0.5) is 0 Å². The second kappa shape index (κ2) is 8.16. The SMILES string of the molecule is CCOC(=O)COc1ccc(S(=O)(=O)N2Cc3cc(O)ccc3C3(CCC3)C2)cc1C. The highest BCUT2D eigenvalue weighted by atomic mass is 32.2. The van der Waals surface area contributed by atoms with E-state index >= 15 is 0 Å². The molecule has 0 amide bonds. The zero-order chi connectivity index (χ0) is 22.2. The van der Waals surface area contributed by atoms with Gasteiger partial charge in [0, 0.05) is 18.5 Å². The van der Waals surface area contributed by atoms with Crippen molar-refractivity contribution in [3.8, 4) is 11.5 Å². The number of phenols is 1. The predicted octanol–water partition coefficient (Wildman–Crippen LogP) is 3.27. The summed E-state index contributed by atoms with van der Waals surface area (Å²) >= 11 is 0. The highest BCUT2D eigenvalue weighted by Gasteiger charge is 2.47. The van der Waals surface area contributed by atoms with Crippen molar-refractivity contribution in [2.75, 3.05) is 19.8 Å². The van der Waals surface area contributed by atoms with Crippen LogP contribution in [-0.2, 0) is 31.5 Å². The average molecular weight is 446 g/mol. The number of aryl methyl sites for hydroxylation is 1. The molecule has 0 atom stereocenters. The van der Waals surface area contributed by atoms with Gasteiger partial charge in [0.05, 0.1) is 11.5 Å². The van der Waals surface area contributed by atoms with E-state index in [2.05, 4.69) is 0 Å². The number of hydrogen-bond acceptors (Lipinski definition) is 6. The molecule has 1 aliphatic carbocycles. The molecule has 2 aromatic rings. The van der Waals surface area contributed by atoms with Crippen molar-refractivity contribution in [3.63, 3.8) is 0 Å². The summed E-state index contributed by atoms with van der Waals surface area (Å²) in [4.78, 5) is 11.7. The molecule has 1 saturated carbocycles. The van der Waals surface area contributed by atoms with Gasteiger partial charge in [-0.3, -0.25) is 0 Å². The first-order valence-electron chi connectivity index (χ1n) is 10.5. The molecule has 8 heteroatoms. The van der Waals surface area contributed by atoms with Gasteiger partial charge in [-0.15, -0.1) is 0 Å². The summed E-state index contributed by atoms with van der Waals surface area (Å²) in [5.41, 5.74) is 2.47. The van der Waals surface area contributed by atoms with Gasteiger partial charge in [0.1, 0.15) is 11.5 Å². The number of aromatic hydroxyl groups is 1. The highest BCUT2D eigenvalue weighted by molar-refractivity contribution is 7.89. The summed E-state index contributed by atoms with van der Waals surface area (Å²) in [6.45, 7) is 4.18. The van der Waals surface area contributed by atoms with Gasteiger partial charge >= 0.3 is 5.97 Å². The fourth-order valence-corrected chi connectivity index (χ4v) is 6.12. The van der Waals surface area contributed by atoms with Crippen LogP contribution in [0, 0.1) is 6.92 Å². The van der Waals surface area contributed by atoms with E-state index in [-0.39, 0.29) is 35.8 Å². The first kappa shape index (κ1) is 21.6. The summed E-state index contributed by atoms with van der Waals surface area (Å²) < 4.78 is 38.8. The number of hydrogen-bond donors (Lipinski definition) is 1. The molecule has 0 aromatic heterocycles. The number of carbonyl (C=O) groups excluding carboxylic acids is 1. The van der Waals surface area contributed by atoms with Crippen molar-refractivity contribution in [1.29, 1.82) is 0 Å². The number of fused-ring (bicyclic) bond motifs is 2. The minimum Gasteiger partial charge on any atom is -0.508 e. The van der Waals surface area contributed by atoms with E-state index in [4.69, 9.17) is 9.47 Å². The first-order valence-corrected chi connectivity index (χ1v) is 11.9. The molecule has 7 nitrogen and oxygen atoms in total. The highest BCUT2D eigenvalue weighted by Crippen LogP contribution is 2.49. The number of esters is 1. The molecule has 1 fully saturated rings. The monoisotopic (exact) mass is 445 g/mol. The molecule has 1 heterocycles. The van der Waals surface area contributed by atoms with Gasteiger partial charge in [-0.1, -0.05) is 12.5 Å². The lowest BCUT2D eigenvalue weighted by molar-refractivity contribution is -0.145. The number of rotatable bonds is 6. The Labute approximate surface area is 182 Å². The number of nitrogens with zero attached hydrogens (tertiary/aromatic N) is 1. The Morgan fingerprint density at radius 1 is 1.19 bits per heavy atom. The van der Waals surface area contributed by atoms with E-state index in [1.807, 2.05) is 6.07 Å². The Morgan fingerprint density at radius 3 is 2.61 bits per heavy atom. The van der Waals surface area contributed by atoms with Gasteiger partial charge in [0.2, 0.25) is 10.0 Å². The van der Waals surface area contributed by atoms with E-state index in [1.54, 1.807) is 38.1 Å². The second-order valence-corrected chi connectivity index (χ2v) is 10.2. The largest absolute Gasteiger partial charge is 0.508 e. The molecule has 0 unspecified atom stereocenters. The predicted molar refractivity (Wildman–Crippen MR) is 115 cm³/mol. The third kappa shape index (κ3) is 4.02. The lowest BCUT2D eigenvalue weighted by Crippen LogP contribution is -2.51. The fraction of sp³-hybridized carbons (Fsp3) is 0.435. The molecule has 0 saturated heterocycles. The molecule has 0 radical (unpaired) electrons. The van der Waals surface area contributed by atoms with Crippen molar-refractivity contribution in [2.45, 2.75) is 50.0 Å². The lowest BCUT2D eigenvalue weighted by Gasteiger charge is -2.49. The van der Waals surface area contributed by atoms with Gasteiger partial charge in [-0.25, -0.2) is 13.2 Å². The van der Waals surface area contributed by atoms with Crippen LogP contribution >= 0.6 is 0 Å².